The summed E-state index contributed by atoms with van der Waals surface area (Å²) in [6, 6.07) is 24.6. The maximum absolute atomic E-state index is 13.6. The predicted octanol–water partition coefficient (Wildman–Crippen LogP) is 7.90. The Kier molecular flexibility index (Phi) is 8.51. The third-order valence-electron chi connectivity index (χ3n) is 6.53. The van der Waals surface area contributed by atoms with Crippen LogP contribution in [0.4, 0.5) is 5.69 Å². The van der Waals surface area contributed by atoms with Gasteiger partial charge in [0, 0.05) is 30.6 Å². The number of benzene rings is 4. The Balaban J connectivity index is 1.31. The summed E-state index contributed by atoms with van der Waals surface area (Å²) in [4.78, 5) is 30.8. The number of nitrogens with one attached hydrogen (secondary N) is 1. The fourth-order valence-electron chi connectivity index (χ4n) is 4.43. The zero-order valence-corrected chi connectivity index (χ0v) is 26.8. The second-order valence-electron chi connectivity index (χ2n) is 9.48. The van der Waals surface area contributed by atoms with Gasteiger partial charge in [0.2, 0.25) is 5.82 Å². The van der Waals surface area contributed by atoms with Gasteiger partial charge in [-0.25, -0.2) is 4.98 Å². The van der Waals surface area contributed by atoms with Gasteiger partial charge >= 0.3 is 0 Å². The summed E-state index contributed by atoms with van der Waals surface area (Å²) < 4.78 is 20.0. The molecule has 12 heteroatoms. The molecule has 6 rings (SSSR count). The standard InChI is InChI=1S/C32H21Br2ClN4O5/c1-42-27-14-19(24(34)15-28(27)43-17-30(40)37-22-9-7-21(35)8-10-22)16-36-39-31(38-25-5-3-2-4-23(25)32(39)41)29-13-18-12-20(33)6-11-26(18)44-29/h2-16H,17H2,1H3,(H,37,40). The van der Waals surface area contributed by atoms with Crippen LogP contribution in [0.1, 0.15) is 5.56 Å². The molecular weight excluding hydrogens is 716 g/mol. The van der Waals surface area contributed by atoms with Crippen LogP contribution in [0.15, 0.2) is 108 Å². The van der Waals surface area contributed by atoms with Gasteiger partial charge in [-0.3, -0.25) is 9.59 Å². The van der Waals surface area contributed by atoms with Crippen molar-refractivity contribution < 1.29 is 18.7 Å². The van der Waals surface area contributed by atoms with Crippen molar-refractivity contribution in [3.63, 3.8) is 0 Å². The fraction of sp³-hybridized carbons (Fsp3) is 0.0625. The number of halogens is 3. The number of para-hydroxylation sites is 1. The molecule has 2 aromatic heterocycles. The van der Waals surface area contributed by atoms with Crippen LogP contribution in [0.3, 0.4) is 0 Å². The van der Waals surface area contributed by atoms with Gasteiger partial charge in [0.05, 0.1) is 24.2 Å². The number of fused-ring (bicyclic) bond motifs is 2. The van der Waals surface area contributed by atoms with Crippen molar-refractivity contribution >= 4 is 83.1 Å². The fourth-order valence-corrected chi connectivity index (χ4v) is 5.36. The molecule has 1 N–H and O–H groups in total. The summed E-state index contributed by atoms with van der Waals surface area (Å²) in [6.07, 6.45) is 1.50. The Morgan fingerprint density at radius 3 is 2.64 bits per heavy atom. The summed E-state index contributed by atoms with van der Waals surface area (Å²) in [5.74, 6) is 0.967. The predicted molar refractivity (Wildman–Crippen MR) is 178 cm³/mol. The van der Waals surface area contributed by atoms with Crippen LogP contribution in [-0.2, 0) is 4.79 Å². The number of rotatable bonds is 8. The topological polar surface area (TPSA) is 108 Å². The van der Waals surface area contributed by atoms with Gasteiger partial charge in [-0.15, -0.1) is 0 Å². The maximum Gasteiger partial charge on any atom is 0.282 e. The molecule has 0 unspecified atom stereocenters. The SMILES string of the molecule is COc1cc(C=Nn2c(-c3cc4cc(Br)ccc4o3)nc3ccccc3c2=O)c(Br)cc1OCC(=O)Nc1ccc(Cl)cc1. The molecule has 0 atom stereocenters. The highest BCUT2D eigenvalue weighted by atomic mass is 79.9. The smallest absolute Gasteiger partial charge is 0.282 e. The number of ether oxygens (including phenoxy) is 2. The summed E-state index contributed by atoms with van der Waals surface area (Å²) in [6.45, 7) is -0.256. The van der Waals surface area contributed by atoms with E-state index >= 15 is 0 Å². The summed E-state index contributed by atoms with van der Waals surface area (Å²) >= 11 is 12.9. The van der Waals surface area contributed by atoms with E-state index in [2.05, 4.69) is 42.3 Å². The van der Waals surface area contributed by atoms with Gasteiger partial charge in [-0.1, -0.05) is 39.7 Å². The number of carbonyl (C=O) groups is 1. The number of nitrogens with zero attached hydrogens (tertiary/aromatic N) is 3. The lowest BCUT2D eigenvalue weighted by Gasteiger charge is -2.13. The number of aromatic nitrogens is 2. The lowest BCUT2D eigenvalue weighted by Crippen LogP contribution is -2.20. The monoisotopic (exact) mass is 734 g/mol. The van der Waals surface area contributed by atoms with Crippen molar-refractivity contribution in [3.05, 3.63) is 115 Å². The highest BCUT2D eigenvalue weighted by molar-refractivity contribution is 9.10. The van der Waals surface area contributed by atoms with Crippen molar-refractivity contribution in [3.8, 4) is 23.1 Å². The Morgan fingerprint density at radius 1 is 1.05 bits per heavy atom. The highest BCUT2D eigenvalue weighted by Crippen LogP contribution is 2.33. The average Bonchev–Trinajstić information content (AvgIpc) is 3.44. The molecule has 2 heterocycles. The summed E-state index contributed by atoms with van der Waals surface area (Å²) in [5, 5.41) is 9.09. The van der Waals surface area contributed by atoms with E-state index in [-0.39, 0.29) is 23.9 Å². The number of hydrogen-bond acceptors (Lipinski definition) is 7. The highest BCUT2D eigenvalue weighted by Gasteiger charge is 2.17. The molecule has 0 fully saturated rings. The first-order valence-corrected chi connectivity index (χ1v) is 15.1. The van der Waals surface area contributed by atoms with Crippen LogP contribution in [-0.4, -0.2) is 35.5 Å². The van der Waals surface area contributed by atoms with Crippen molar-refractivity contribution in [2.45, 2.75) is 0 Å². The van der Waals surface area contributed by atoms with E-state index in [1.165, 1.54) is 18.0 Å². The van der Waals surface area contributed by atoms with E-state index in [9.17, 15) is 9.59 Å². The number of anilines is 1. The zero-order chi connectivity index (χ0) is 30.8. The molecule has 0 saturated heterocycles. The first kappa shape index (κ1) is 29.6. The minimum atomic E-state index is -0.363. The molecule has 4 aromatic carbocycles. The first-order valence-electron chi connectivity index (χ1n) is 13.1. The van der Waals surface area contributed by atoms with Crippen LogP contribution in [0.2, 0.25) is 5.02 Å². The lowest BCUT2D eigenvalue weighted by atomic mass is 10.2. The summed E-state index contributed by atoms with van der Waals surface area (Å²) in [5.41, 5.74) is 1.98. The van der Waals surface area contributed by atoms with Crippen LogP contribution in [0.25, 0.3) is 33.5 Å². The zero-order valence-electron chi connectivity index (χ0n) is 22.9. The molecule has 1 amide bonds. The van der Waals surface area contributed by atoms with E-state index in [0.717, 1.165) is 9.86 Å². The molecule has 9 nitrogen and oxygen atoms in total. The van der Waals surface area contributed by atoms with E-state index in [4.69, 9.17) is 30.5 Å². The molecule has 0 spiro atoms. The Labute approximate surface area is 272 Å². The minimum absolute atomic E-state index is 0.243. The second kappa shape index (κ2) is 12.7. The van der Waals surface area contributed by atoms with Crippen LogP contribution in [0.5, 0.6) is 11.5 Å². The number of furan rings is 1. The Hall–Kier alpha value is -4.45. The molecule has 0 aliphatic carbocycles. The first-order chi connectivity index (χ1) is 21.3. The van der Waals surface area contributed by atoms with Gasteiger partial charge in [-0.2, -0.15) is 9.78 Å². The normalized spacial score (nSPS) is 11.4. The molecular formula is C32H21Br2ClN4O5. The van der Waals surface area contributed by atoms with E-state index in [0.29, 0.717) is 54.5 Å². The van der Waals surface area contributed by atoms with Crippen molar-refractivity contribution in [2.75, 3.05) is 19.0 Å². The molecule has 220 valence electrons. The van der Waals surface area contributed by atoms with Crippen LogP contribution in [0, 0.1) is 0 Å². The molecule has 44 heavy (non-hydrogen) atoms. The quantitative estimate of drug-likeness (QED) is 0.159. The Morgan fingerprint density at radius 2 is 1.84 bits per heavy atom. The largest absolute Gasteiger partial charge is 0.493 e. The van der Waals surface area contributed by atoms with Gasteiger partial charge in [0.1, 0.15) is 5.58 Å². The van der Waals surface area contributed by atoms with Gasteiger partial charge in [-0.05, 0) is 88.7 Å². The number of hydrogen-bond donors (Lipinski definition) is 1. The van der Waals surface area contributed by atoms with Gasteiger partial charge in [0.25, 0.3) is 11.5 Å². The molecule has 0 bridgehead atoms. The number of carbonyl (C=O) groups excluding carboxylic acids is 1. The van der Waals surface area contributed by atoms with Crippen molar-refractivity contribution in [1.82, 2.24) is 9.66 Å². The van der Waals surface area contributed by atoms with Gasteiger partial charge in [0.15, 0.2) is 23.9 Å². The second-order valence-corrected chi connectivity index (χ2v) is 11.7. The van der Waals surface area contributed by atoms with E-state index < -0.39 is 0 Å². The average molecular weight is 737 g/mol. The van der Waals surface area contributed by atoms with Crippen LogP contribution >= 0.6 is 43.5 Å². The molecule has 6 aromatic rings. The maximum atomic E-state index is 13.6. The lowest BCUT2D eigenvalue weighted by molar-refractivity contribution is -0.118. The third kappa shape index (κ3) is 6.26. The minimum Gasteiger partial charge on any atom is -0.493 e. The molecule has 0 saturated carbocycles. The number of amides is 1. The van der Waals surface area contributed by atoms with Crippen molar-refractivity contribution in [1.29, 1.82) is 0 Å². The van der Waals surface area contributed by atoms with E-state index in [1.54, 1.807) is 54.6 Å². The summed E-state index contributed by atoms with van der Waals surface area (Å²) in [7, 11) is 1.49. The molecule has 0 aliphatic heterocycles. The third-order valence-corrected chi connectivity index (χ3v) is 7.97. The molecule has 0 aliphatic rings. The van der Waals surface area contributed by atoms with E-state index in [1.807, 2.05) is 30.3 Å². The van der Waals surface area contributed by atoms with Crippen LogP contribution < -0.4 is 20.3 Å². The van der Waals surface area contributed by atoms with Gasteiger partial charge < -0.3 is 19.2 Å². The number of methoxy groups -OCH3 is 1. The van der Waals surface area contributed by atoms with Crippen molar-refractivity contribution in [2.24, 2.45) is 5.10 Å². The Bertz CT molecular complexity index is 2130. The molecule has 0 radical (unpaired) electrons.